The molecule has 0 bridgehead atoms. The molecule has 2 aromatic rings. The lowest BCUT2D eigenvalue weighted by Crippen LogP contribution is -2.31. The van der Waals surface area contributed by atoms with Gasteiger partial charge in [0.15, 0.2) is 0 Å². The summed E-state index contributed by atoms with van der Waals surface area (Å²) in [6, 6.07) is 5.59. The van der Waals surface area contributed by atoms with E-state index < -0.39 is 0 Å². The summed E-state index contributed by atoms with van der Waals surface area (Å²) in [5.74, 6) is -0.127. The smallest absolute Gasteiger partial charge is 0.269 e. The summed E-state index contributed by atoms with van der Waals surface area (Å²) in [6.45, 7) is 5.25. The second-order valence-corrected chi connectivity index (χ2v) is 6.08. The molecule has 0 radical (unpaired) electrons. The molecule has 0 saturated heterocycles. The number of aryl methyl sites for hydroxylation is 1. The minimum absolute atomic E-state index is 0.0307. The molecule has 0 aliphatic heterocycles. The van der Waals surface area contributed by atoms with Crippen molar-refractivity contribution < 1.29 is 9.90 Å². The number of carbonyl (C=O) groups excluding carboxylic acids is 1. The number of hydrogen-bond donors (Lipinski definition) is 2. The van der Waals surface area contributed by atoms with Crippen molar-refractivity contribution in [2.75, 3.05) is 13.2 Å². The molecule has 24 heavy (non-hydrogen) atoms. The van der Waals surface area contributed by atoms with E-state index in [1.807, 2.05) is 25.1 Å². The Morgan fingerprint density at radius 3 is 2.92 bits per heavy atom. The Labute approximate surface area is 142 Å². The van der Waals surface area contributed by atoms with E-state index in [-0.39, 0.29) is 18.4 Å². The number of hydrogen-bond acceptors (Lipinski definition) is 4. The minimum Gasteiger partial charge on any atom is -0.396 e. The van der Waals surface area contributed by atoms with Crippen LogP contribution in [0.1, 0.15) is 43.6 Å². The van der Waals surface area contributed by atoms with Crippen molar-refractivity contribution in [2.24, 2.45) is 5.92 Å². The zero-order valence-corrected chi connectivity index (χ0v) is 14.4. The predicted molar refractivity (Wildman–Crippen MR) is 93.6 cm³/mol. The SMILES string of the molecule is CCCCCn1nc(-c2cccnc2)cc1C(=O)NCC(C)CO. The number of aliphatic hydroxyl groups is 1. The molecule has 2 heterocycles. The first-order valence-electron chi connectivity index (χ1n) is 8.53. The number of amides is 1. The van der Waals surface area contributed by atoms with Crippen LogP contribution in [-0.4, -0.2) is 38.9 Å². The van der Waals surface area contributed by atoms with Gasteiger partial charge < -0.3 is 10.4 Å². The number of carbonyl (C=O) groups is 1. The van der Waals surface area contributed by atoms with Gasteiger partial charge in [-0.2, -0.15) is 5.10 Å². The summed E-state index contributed by atoms with van der Waals surface area (Å²) in [6.07, 6.45) is 6.66. The van der Waals surface area contributed by atoms with E-state index in [4.69, 9.17) is 5.11 Å². The van der Waals surface area contributed by atoms with Gasteiger partial charge in [-0.1, -0.05) is 26.7 Å². The summed E-state index contributed by atoms with van der Waals surface area (Å²) >= 11 is 0. The molecule has 130 valence electrons. The fourth-order valence-corrected chi connectivity index (χ4v) is 2.36. The van der Waals surface area contributed by atoms with Crippen molar-refractivity contribution in [2.45, 2.75) is 39.7 Å². The van der Waals surface area contributed by atoms with E-state index in [1.165, 1.54) is 0 Å². The predicted octanol–water partition coefficient (Wildman–Crippen LogP) is 2.49. The van der Waals surface area contributed by atoms with Gasteiger partial charge in [-0.3, -0.25) is 14.5 Å². The van der Waals surface area contributed by atoms with Crippen LogP contribution in [0.2, 0.25) is 0 Å². The highest BCUT2D eigenvalue weighted by atomic mass is 16.3. The molecule has 6 nitrogen and oxygen atoms in total. The Balaban J connectivity index is 2.19. The average Bonchev–Trinajstić information content (AvgIpc) is 3.04. The van der Waals surface area contributed by atoms with Crippen molar-refractivity contribution in [3.63, 3.8) is 0 Å². The Morgan fingerprint density at radius 1 is 1.42 bits per heavy atom. The number of pyridine rings is 1. The molecular weight excluding hydrogens is 304 g/mol. The molecule has 0 spiro atoms. The first-order chi connectivity index (χ1) is 11.7. The number of rotatable bonds is 9. The van der Waals surface area contributed by atoms with Crippen molar-refractivity contribution >= 4 is 5.91 Å². The van der Waals surface area contributed by atoms with E-state index in [0.717, 1.165) is 30.5 Å². The van der Waals surface area contributed by atoms with Gasteiger partial charge in [-0.15, -0.1) is 0 Å². The molecule has 2 aromatic heterocycles. The van der Waals surface area contributed by atoms with E-state index in [0.29, 0.717) is 18.8 Å². The Morgan fingerprint density at radius 2 is 2.25 bits per heavy atom. The Hall–Kier alpha value is -2.21. The van der Waals surface area contributed by atoms with Gasteiger partial charge in [0, 0.05) is 37.7 Å². The molecule has 1 amide bonds. The first kappa shape index (κ1) is 18.1. The van der Waals surface area contributed by atoms with Crippen LogP contribution in [-0.2, 0) is 6.54 Å². The van der Waals surface area contributed by atoms with Crippen LogP contribution in [0.25, 0.3) is 11.3 Å². The highest BCUT2D eigenvalue weighted by Crippen LogP contribution is 2.18. The standard InChI is InChI=1S/C18H26N4O2/c1-3-4-5-9-22-17(18(24)20-11-14(2)13-23)10-16(21-22)15-7-6-8-19-12-15/h6-8,10,12,14,23H,3-5,9,11,13H2,1-2H3,(H,20,24). The van der Waals surface area contributed by atoms with Gasteiger partial charge >= 0.3 is 0 Å². The lowest BCUT2D eigenvalue weighted by atomic mass is 10.2. The van der Waals surface area contributed by atoms with Gasteiger partial charge in [0.05, 0.1) is 5.69 Å². The van der Waals surface area contributed by atoms with Crippen molar-refractivity contribution in [1.29, 1.82) is 0 Å². The van der Waals surface area contributed by atoms with E-state index in [9.17, 15) is 4.79 Å². The fourth-order valence-electron chi connectivity index (χ4n) is 2.36. The van der Waals surface area contributed by atoms with E-state index >= 15 is 0 Å². The zero-order chi connectivity index (χ0) is 17.4. The van der Waals surface area contributed by atoms with Crippen molar-refractivity contribution in [3.05, 3.63) is 36.3 Å². The highest BCUT2D eigenvalue weighted by molar-refractivity contribution is 5.93. The molecule has 0 aromatic carbocycles. The summed E-state index contributed by atoms with van der Waals surface area (Å²) in [5.41, 5.74) is 2.19. The van der Waals surface area contributed by atoms with Crippen molar-refractivity contribution in [1.82, 2.24) is 20.1 Å². The largest absolute Gasteiger partial charge is 0.396 e. The van der Waals surface area contributed by atoms with E-state index in [1.54, 1.807) is 17.1 Å². The molecule has 1 atom stereocenters. The topological polar surface area (TPSA) is 80.0 Å². The molecule has 0 saturated carbocycles. The van der Waals surface area contributed by atoms with Crippen LogP contribution >= 0.6 is 0 Å². The lowest BCUT2D eigenvalue weighted by Gasteiger charge is -2.11. The van der Waals surface area contributed by atoms with Gasteiger partial charge in [0.1, 0.15) is 5.69 Å². The maximum Gasteiger partial charge on any atom is 0.269 e. The molecular formula is C18H26N4O2. The monoisotopic (exact) mass is 330 g/mol. The molecule has 1 unspecified atom stereocenters. The maximum absolute atomic E-state index is 12.5. The highest BCUT2D eigenvalue weighted by Gasteiger charge is 2.16. The lowest BCUT2D eigenvalue weighted by molar-refractivity contribution is 0.0931. The minimum atomic E-state index is -0.158. The molecule has 0 aliphatic rings. The zero-order valence-electron chi connectivity index (χ0n) is 14.4. The number of nitrogens with zero attached hydrogens (tertiary/aromatic N) is 3. The molecule has 0 aliphatic carbocycles. The molecule has 0 fully saturated rings. The number of aliphatic hydroxyl groups excluding tert-OH is 1. The maximum atomic E-state index is 12.5. The second-order valence-electron chi connectivity index (χ2n) is 6.08. The van der Waals surface area contributed by atoms with Crippen LogP contribution in [0.4, 0.5) is 0 Å². The third-order valence-corrected chi connectivity index (χ3v) is 3.87. The van der Waals surface area contributed by atoms with Crippen LogP contribution < -0.4 is 5.32 Å². The quantitative estimate of drug-likeness (QED) is 0.692. The fraction of sp³-hybridized carbons (Fsp3) is 0.500. The molecule has 2 N–H and O–H groups in total. The molecule has 6 heteroatoms. The van der Waals surface area contributed by atoms with Crippen molar-refractivity contribution in [3.8, 4) is 11.3 Å². The summed E-state index contributed by atoms with van der Waals surface area (Å²) < 4.78 is 1.77. The summed E-state index contributed by atoms with van der Waals surface area (Å²) in [5, 5.41) is 16.5. The second kappa shape index (κ2) is 9.17. The third-order valence-electron chi connectivity index (χ3n) is 3.87. The first-order valence-corrected chi connectivity index (χ1v) is 8.53. The van der Waals surface area contributed by atoms with Crippen LogP contribution in [0.3, 0.4) is 0 Å². The van der Waals surface area contributed by atoms with Gasteiger partial charge in [-0.05, 0) is 30.5 Å². The van der Waals surface area contributed by atoms with E-state index in [2.05, 4.69) is 22.3 Å². The Bertz CT molecular complexity index is 640. The Kier molecular flexibility index (Phi) is 6.93. The number of aromatic nitrogens is 3. The average molecular weight is 330 g/mol. The third kappa shape index (κ3) is 4.89. The summed E-state index contributed by atoms with van der Waals surface area (Å²) in [4.78, 5) is 16.6. The number of nitrogens with one attached hydrogen (secondary N) is 1. The normalized spacial score (nSPS) is 12.1. The van der Waals surface area contributed by atoms with Gasteiger partial charge in [0.25, 0.3) is 5.91 Å². The summed E-state index contributed by atoms with van der Waals surface area (Å²) in [7, 11) is 0. The van der Waals surface area contributed by atoms with Gasteiger partial charge in [-0.25, -0.2) is 0 Å². The van der Waals surface area contributed by atoms with Crippen LogP contribution in [0, 0.1) is 5.92 Å². The molecule has 2 rings (SSSR count). The van der Waals surface area contributed by atoms with Crippen LogP contribution in [0.5, 0.6) is 0 Å². The van der Waals surface area contributed by atoms with Crippen LogP contribution in [0.15, 0.2) is 30.6 Å². The number of unbranched alkanes of at least 4 members (excludes halogenated alkanes) is 2. The van der Waals surface area contributed by atoms with Gasteiger partial charge in [0.2, 0.25) is 0 Å².